The summed E-state index contributed by atoms with van der Waals surface area (Å²) >= 11 is 0. The van der Waals surface area contributed by atoms with Crippen molar-refractivity contribution in [2.24, 2.45) is 5.10 Å². The van der Waals surface area contributed by atoms with Gasteiger partial charge in [-0.15, -0.1) is 0 Å². The van der Waals surface area contributed by atoms with Crippen LogP contribution in [-0.4, -0.2) is 25.0 Å². The summed E-state index contributed by atoms with van der Waals surface area (Å²) < 4.78 is 10.6. The van der Waals surface area contributed by atoms with Crippen molar-refractivity contribution in [3.63, 3.8) is 0 Å². The molecule has 5 nitrogen and oxygen atoms in total. The molecule has 0 spiro atoms. The van der Waals surface area contributed by atoms with Crippen LogP contribution >= 0.6 is 0 Å². The number of phenols is 1. The summed E-state index contributed by atoms with van der Waals surface area (Å²) in [7, 11) is 3.25. The Hall–Kier alpha value is -2.69. The molecule has 0 saturated heterocycles. The average molecular weight is 312 g/mol. The maximum Gasteiger partial charge on any atom is 0.161 e. The first-order valence-electron chi connectivity index (χ1n) is 7.46. The monoisotopic (exact) mass is 312 g/mol. The Bertz CT molecular complexity index is 756. The second kappa shape index (κ2) is 6.20. The van der Waals surface area contributed by atoms with Crippen LogP contribution in [0.2, 0.25) is 0 Å². The molecule has 2 aromatic rings. The molecule has 0 aromatic heterocycles. The van der Waals surface area contributed by atoms with Crippen molar-refractivity contribution in [3.8, 4) is 17.2 Å². The molecule has 1 unspecified atom stereocenters. The predicted octanol–water partition coefficient (Wildman–Crippen LogP) is 3.16. The van der Waals surface area contributed by atoms with E-state index in [9.17, 15) is 5.11 Å². The minimum atomic E-state index is 0.0962. The summed E-state index contributed by atoms with van der Waals surface area (Å²) in [5.41, 5.74) is 7.12. The number of ether oxygens (including phenoxy) is 2. The number of benzene rings is 2. The number of hydrogen-bond donors (Lipinski definition) is 2. The van der Waals surface area contributed by atoms with Crippen LogP contribution in [-0.2, 0) is 0 Å². The van der Waals surface area contributed by atoms with E-state index in [1.165, 1.54) is 0 Å². The molecule has 0 bridgehead atoms. The van der Waals surface area contributed by atoms with E-state index in [4.69, 9.17) is 9.47 Å². The Morgan fingerprint density at radius 1 is 1.09 bits per heavy atom. The fourth-order valence-corrected chi connectivity index (χ4v) is 2.72. The highest BCUT2D eigenvalue weighted by molar-refractivity contribution is 6.02. The van der Waals surface area contributed by atoms with Crippen LogP contribution in [0.15, 0.2) is 41.5 Å². The van der Waals surface area contributed by atoms with Gasteiger partial charge in [-0.1, -0.05) is 6.07 Å². The zero-order chi connectivity index (χ0) is 16.4. The SMILES string of the molecule is COc1ccc(C2CC(c3ccc(O)c(C)c3)=NN2)cc1OC. The van der Waals surface area contributed by atoms with Gasteiger partial charge in [0.15, 0.2) is 11.5 Å². The van der Waals surface area contributed by atoms with Gasteiger partial charge >= 0.3 is 0 Å². The Kier molecular flexibility index (Phi) is 4.10. The van der Waals surface area contributed by atoms with Gasteiger partial charge in [-0.25, -0.2) is 0 Å². The number of hydrogen-bond acceptors (Lipinski definition) is 5. The molecule has 120 valence electrons. The van der Waals surface area contributed by atoms with E-state index in [-0.39, 0.29) is 6.04 Å². The molecule has 23 heavy (non-hydrogen) atoms. The number of aromatic hydroxyl groups is 1. The summed E-state index contributed by atoms with van der Waals surface area (Å²) in [6.45, 7) is 1.88. The molecule has 1 atom stereocenters. The van der Waals surface area contributed by atoms with Crippen LogP contribution < -0.4 is 14.9 Å². The van der Waals surface area contributed by atoms with Crippen LogP contribution in [0.25, 0.3) is 0 Å². The van der Waals surface area contributed by atoms with Crippen LogP contribution in [0.1, 0.15) is 29.2 Å². The quantitative estimate of drug-likeness (QED) is 0.910. The lowest BCUT2D eigenvalue weighted by Gasteiger charge is -2.14. The van der Waals surface area contributed by atoms with Crippen molar-refractivity contribution in [2.75, 3.05) is 14.2 Å². The molecule has 5 heteroatoms. The third-order valence-corrected chi connectivity index (χ3v) is 4.09. The average Bonchev–Trinajstić information content (AvgIpc) is 3.06. The normalized spacial score (nSPS) is 16.7. The molecule has 2 N–H and O–H groups in total. The van der Waals surface area contributed by atoms with E-state index in [0.29, 0.717) is 17.2 Å². The maximum absolute atomic E-state index is 9.64. The number of methoxy groups -OCH3 is 2. The van der Waals surface area contributed by atoms with Gasteiger partial charge in [-0.2, -0.15) is 5.10 Å². The van der Waals surface area contributed by atoms with E-state index in [1.807, 2.05) is 37.3 Å². The minimum absolute atomic E-state index is 0.0962. The fourth-order valence-electron chi connectivity index (χ4n) is 2.72. The zero-order valence-corrected chi connectivity index (χ0v) is 13.5. The van der Waals surface area contributed by atoms with Gasteiger partial charge in [0.25, 0.3) is 0 Å². The third-order valence-electron chi connectivity index (χ3n) is 4.09. The molecule has 1 heterocycles. The first-order chi connectivity index (χ1) is 11.1. The summed E-state index contributed by atoms with van der Waals surface area (Å²) in [5, 5.41) is 14.1. The zero-order valence-electron chi connectivity index (χ0n) is 13.5. The van der Waals surface area contributed by atoms with Crippen LogP contribution in [0, 0.1) is 6.92 Å². The lowest BCUT2D eigenvalue weighted by Crippen LogP contribution is -2.10. The van der Waals surface area contributed by atoms with Crippen LogP contribution in [0.4, 0.5) is 0 Å². The molecular weight excluding hydrogens is 292 g/mol. The summed E-state index contributed by atoms with van der Waals surface area (Å²) in [4.78, 5) is 0. The lowest BCUT2D eigenvalue weighted by molar-refractivity contribution is 0.354. The summed E-state index contributed by atoms with van der Waals surface area (Å²) in [6.07, 6.45) is 0.777. The summed E-state index contributed by atoms with van der Waals surface area (Å²) in [6, 6.07) is 11.5. The first-order valence-corrected chi connectivity index (χ1v) is 7.46. The highest BCUT2D eigenvalue weighted by Gasteiger charge is 2.22. The number of hydrazone groups is 1. The molecular formula is C18H20N2O3. The maximum atomic E-state index is 9.64. The van der Waals surface area contributed by atoms with Crippen molar-refractivity contribution in [3.05, 3.63) is 53.1 Å². The Balaban J connectivity index is 1.80. The molecule has 0 fully saturated rings. The van der Waals surface area contributed by atoms with Gasteiger partial charge in [-0.3, -0.25) is 0 Å². The van der Waals surface area contributed by atoms with Crippen molar-refractivity contribution in [2.45, 2.75) is 19.4 Å². The van der Waals surface area contributed by atoms with Gasteiger partial charge in [0.2, 0.25) is 0 Å². The smallest absolute Gasteiger partial charge is 0.161 e. The number of rotatable bonds is 4. The van der Waals surface area contributed by atoms with Gasteiger partial charge in [0.05, 0.1) is 26.0 Å². The number of nitrogens with zero attached hydrogens (tertiary/aromatic N) is 1. The molecule has 1 aliphatic heterocycles. The Labute approximate surface area is 135 Å². The van der Waals surface area contributed by atoms with Crippen molar-refractivity contribution in [1.82, 2.24) is 5.43 Å². The molecule has 0 radical (unpaired) electrons. The molecule has 0 aliphatic carbocycles. The summed E-state index contributed by atoms with van der Waals surface area (Å²) in [5.74, 6) is 1.72. The lowest BCUT2D eigenvalue weighted by atomic mass is 9.98. The second-order valence-electron chi connectivity index (χ2n) is 5.56. The Morgan fingerprint density at radius 2 is 1.87 bits per heavy atom. The highest BCUT2D eigenvalue weighted by Crippen LogP contribution is 2.33. The Morgan fingerprint density at radius 3 is 2.57 bits per heavy atom. The standard InChI is InChI=1S/C18H20N2O3/c1-11-8-12(4-6-16(11)21)14-10-15(20-19-14)13-5-7-17(22-2)18(9-13)23-3/h4-9,15,20-21H,10H2,1-3H3. The van der Waals surface area contributed by atoms with E-state index in [0.717, 1.165) is 28.8 Å². The van der Waals surface area contributed by atoms with E-state index in [1.54, 1.807) is 20.3 Å². The number of nitrogens with one attached hydrogen (secondary N) is 1. The highest BCUT2D eigenvalue weighted by atomic mass is 16.5. The van der Waals surface area contributed by atoms with Crippen molar-refractivity contribution in [1.29, 1.82) is 0 Å². The minimum Gasteiger partial charge on any atom is -0.508 e. The van der Waals surface area contributed by atoms with Gasteiger partial charge in [0, 0.05) is 6.42 Å². The van der Waals surface area contributed by atoms with Crippen LogP contribution in [0.5, 0.6) is 17.2 Å². The topological polar surface area (TPSA) is 63.1 Å². The third kappa shape index (κ3) is 2.95. The number of aryl methyl sites for hydroxylation is 1. The predicted molar refractivity (Wildman–Crippen MR) is 89.4 cm³/mol. The second-order valence-corrected chi connectivity index (χ2v) is 5.56. The largest absolute Gasteiger partial charge is 0.508 e. The molecule has 0 amide bonds. The first kappa shape index (κ1) is 15.2. The van der Waals surface area contributed by atoms with Gasteiger partial charge in [-0.05, 0) is 53.9 Å². The molecule has 3 rings (SSSR count). The number of phenolic OH excluding ortho intramolecular Hbond substituents is 1. The molecule has 2 aromatic carbocycles. The van der Waals surface area contributed by atoms with Gasteiger partial charge < -0.3 is 20.0 Å². The van der Waals surface area contributed by atoms with E-state index >= 15 is 0 Å². The van der Waals surface area contributed by atoms with E-state index < -0.39 is 0 Å². The van der Waals surface area contributed by atoms with E-state index in [2.05, 4.69) is 10.5 Å². The van der Waals surface area contributed by atoms with Crippen LogP contribution in [0.3, 0.4) is 0 Å². The molecule has 1 aliphatic rings. The van der Waals surface area contributed by atoms with Crippen molar-refractivity contribution >= 4 is 5.71 Å². The fraction of sp³-hybridized carbons (Fsp3) is 0.278. The van der Waals surface area contributed by atoms with Gasteiger partial charge in [0.1, 0.15) is 5.75 Å². The van der Waals surface area contributed by atoms with Crippen molar-refractivity contribution < 1.29 is 14.6 Å². The molecule has 0 saturated carbocycles.